The van der Waals surface area contributed by atoms with E-state index in [2.05, 4.69) is 17.4 Å². The minimum absolute atomic E-state index is 0.000522. The maximum Gasteiger partial charge on any atom is 0.331 e. The Balaban J connectivity index is 1.76. The second-order valence-corrected chi connectivity index (χ2v) is 6.89. The summed E-state index contributed by atoms with van der Waals surface area (Å²) >= 11 is 0. The molecule has 140 valence electrons. The Hall–Kier alpha value is -3.47. The van der Waals surface area contributed by atoms with E-state index in [1.54, 1.807) is 12.2 Å². The molecule has 4 amide bonds. The molecule has 1 aliphatic heterocycles. The van der Waals surface area contributed by atoms with E-state index in [0.717, 1.165) is 33.2 Å². The number of hydrogen-bond donors (Lipinski definition) is 1. The molecule has 1 aliphatic carbocycles. The molecule has 0 saturated carbocycles. The number of barbiturate groups is 1. The maximum atomic E-state index is 12.8. The third kappa shape index (κ3) is 3.16. The van der Waals surface area contributed by atoms with Crippen LogP contribution in [0.1, 0.15) is 30.9 Å². The van der Waals surface area contributed by atoms with Gasteiger partial charge in [0.05, 0.1) is 0 Å². The van der Waals surface area contributed by atoms with Crippen molar-refractivity contribution in [3.8, 4) is 0 Å². The number of unbranched alkanes of at least 4 members (excludes halogenated alkanes) is 1. The number of urea groups is 1. The van der Waals surface area contributed by atoms with Crippen LogP contribution in [0.3, 0.4) is 0 Å². The number of imide groups is 2. The van der Waals surface area contributed by atoms with Crippen molar-refractivity contribution in [2.24, 2.45) is 0 Å². The Bertz CT molecular complexity index is 1040. The Morgan fingerprint density at radius 1 is 0.893 bits per heavy atom. The number of carbonyl (C=O) groups is 3. The molecule has 4 rings (SSSR count). The molecular weight excluding hydrogens is 352 g/mol. The summed E-state index contributed by atoms with van der Waals surface area (Å²) in [5.74, 6) is -1.19. The lowest BCUT2D eigenvalue weighted by Gasteiger charge is -2.26. The number of carbonyl (C=O) groups excluding carboxylic acids is 3. The van der Waals surface area contributed by atoms with E-state index in [1.807, 2.05) is 43.3 Å². The molecule has 1 fully saturated rings. The van der Waals surface area contributed by atoms with Gasteiger partial charge in [-0.15, -0.1) is 0 Å². The van der Waals surface area contributed by atoms with E-state index in [-0.39, 0.29) is 5.57 Å². The van der Waals surface area contributed by atoms with Crippen molar-refractivity contribution >= 4 is 40.8 Å². The molecule has 0 unspecified atom stereocenters. The molecular formula is C23H20N2O3. The van der Waals surface area contributed by atoms with Crippen molar-refractivity contribution in [2.75, 3.05) is 6.54 Å². The van der Waals surface area contributed by atoms with Crippen LogP contribution < -0.4 is 5.32 Å². The molecule has 1 saturated heterocycles. The predicted octanol–water partition coefficient (Wildman–Crippen LogP) is 4.05. The number of nitrogens with zero attached hydrogens (tertiary/aromatic N) is 1. The normalized spacial score (nSPS) is 16.5. The molecule has 0 aromatic heterocycles. The third-order valence-corrected chi connectivity index (χ3v) is 5.01. The van der Waals surface area contributed by atoms with E-state index < -0.39 is 17.8 Å². The lowest BCUT2D eigenvalue weighted by atomic mass is 10.0. The van der Waals surface area contributed by atoms with Crippen LogP contribution in [0.15, 0.2) is 59.7 Å². The first kappa shape index (κ1) is 17.9. The number of hydrogen-bond acceptors (Lipinski definition) is 3. The molecule has 2 aliphatic rings. The minimum atomic E-state index is -0.650. The maximum absolute atomic E-state index is 12.8. The highest BCUT2D eigenvalue weighted by Crippen LogP contribution is 2.27. The zero-order chi connectivity index (χ0) is 19.7. The van der Waals surface area contributed by atoms with Crippen molar-refractivity contribution in [1.29, 1.82) is 0 Å². The summed E-state index contributed by atoms with van der Waals surface area (Å²) in [5, 5.41) is 4.53. The van der Waals surface area contributed by atoms with Crippen molar-refractivity contribution < 1.29 is 14.4 Å². The van der Waals surface area contributed by atoms with Crippen molar-refractivity contribution in [1.82, 2.24) is 10.2 Å². The highest BCUT2D eigenvalue weighted by atomic mass is 16.2. The molecule has 28 heavy (non-hydrogen) atoms. The van der Waals surface area contributed by atoms with Gasteiger partial charge in [0, 0.05) is 6.54 Å². The summed E-state index contributed by atoms with van der Waals surface area (Å²) in [4.78, 5) is 38.4. The van der Waals surface area contributed by atoms with Gasteiger partial charge in [-0.2, -0.15) is 0 Å². The second kappa shape index (κ2) is 7.27. The Kier molecular flexibility index (Phi) is 4.65. The summed E-state index contributed by atoms with van der Waals surface area (Å²) in [6.07, 6.45) is 8.86. The van der Waals surface area contributed by atoms with Crippen LogP contribution in [0.25, 0.3) is 22.9 Å². The highest BCUT2D eigenvalue weighted by molar-refractivity contribution is 6.29. The summed E-state index contributed by atoms with van der Waals surface area (Å²) in [7, 11) is 0. The van der Waals surface area contributed by atoms with Gasteiger partial charge in [0.1, 0.15) is 5.57 Å². The summed E-state index contributed by atoms with van der Waals surface area (Å²) in [5.41, 5.74) is 2.51. The van der Waals surface area contributed by atoms with E-state index in [9.17, 15) is 14.4 Å². The zero-order valence-corrected chi connectivity index (χ0v) is 15.6. The van der Waals surface area contributed by atoms with Crippen LogP contribution in [0, 0.1) is 0 Å². The SMILES string of the molecule is CCCCN1C(=O)NC(=O)C(=C2C=Cc3cc4ccccc4cc3C=C2)C1=O. The molecule has 1 heterocycles. The summed E-state index contributed by atoms with van der Waals surface area (Å²) in [6, 6.07) is 11.6. The fourth-order valence-corrected chi connectivity index (χ4v) is 3.47. The fourth-order valence-electron chi connectivity index (χ4n) is 3.47. The first-order valence-corrected chi connectivity index (χ1v) is 9.39. The number of benzene rings is 2. The Morgan fingerprint density at radius 2 is 1.50 bits per heavy atom. The number of nitrogens with one attached hydrogen (secondary N) is 1. The van der Waals surface area contributed by atoms with E-state index in [1.165, 1.54) is 0 Å². The fraction of sp³-hybridized carbons (Fsp3) is 0.174. The number of fused-ring (bicyclic) bond motifs is 2. The number of amides is 4. The molecule has 5 nitrogen and oxygen atoms in total. The van der Waals surface area contributed by atoms with Crippen LogP contribution >= 0.6 is 0 Å². The van der Waals surface area contributed by atoms with Gasteiger partial charge in [-0.25, -0.2) is 4.79 Å². The van der Waals surface area contributed by atoms with Gasteiger partial charge in [-0.05, 0) is 46.0 Å². The highest BCUT2D eigenvalue weighted by Gasteiger charge is 2.36. The summed E-state index contributed by atoms with van der Waals surface area (Å²) < 4.78 is 0. The van der Waals surface area contributed by atoms with E-state index >= 15 is 0 Å². The standard InChI is InChI=1S/C23H20N2O3/c1-2-3-12-25-22(27)20(21(26)24-23(25)28)15-8-10-18-13-16-6-4-5-7-17(16)14-19(18)11-9-15/h4-11,13-14H,2-3,12H2,1H3,(H,24,26,28). The topological polar surface area (TPSA) is 66.5 Å². The predicted molar refractivity (Wildman–Crippen MR) is 109 cm³/mol. The molecule has 0 radical (unpaired) electrons. The van der Waals surface area contributed by atoms with Crippen LogP contribution in [-0.4, -0.2) is 29.3 Å². The number of rotatable bonds is 3. The van der Waals surface area contributed by atoms with Gasteiger partial charge in [0.15, 0.2) is 0 Å². The second-order valence-electron chi connectivity index (χ2n) is 6.89. The third-order valence-electron chi connectivity index (χ3n) is 5.01. The van der Waals surface area contributed by atoms with E-state index in [4.69, 9.17) is 0 Å². The molecule has 1 N–H and O–H groups in total. The van der Waals surface area contributed by atoms with Gasteiger partial charge >= 0.3 is 6.03 Å². The van der Waals surface area contributed by atoms with Crippen LogP contribution in [0.2, 0.25) is 0 Å². The van der Waals surface area contributed by atoms with Gasteiger partial charge in [-0.1, -0.05) is 61.9 Å². The largest absolute Gasteiger partial charge is 0.331 e. The molecule has 0 spiro atoms. The van der Waals surface area contributed by atoms with Crippen molar-refractivity contribution in [3.05, 3.63) is 70.8 Å². The average molecular weight is 372 g/mol. The van der Waals surface area contributed by atoms with Gasteiger partial charge in [-0.3, -0.25) is 19.8 Å². The molecule has 0 atom stereocenters. The van der Waals surface area contributed by atoms with Gasteiger partial charge < -0.3 is 0 Å². The summed E-state index contributed by atoms with van der Waals surface area (Å²) in [6.45, 7) is 2.28. The Labute approximate surface area is 163 Å². The van der Waals surface area contributed by atoms with Gasteiger partial charge in [0.2, 0.25) is 0 Å². The lowest BCUT2D eigenvalue weighted by Crippen LogP contribution is -2.54. The molecule has 2 aromatic carbocycles. The van der Waals surface area contributed by atoms with Gasteiger partial charge in [0.25, 0.3) is 11.8 Å². The quantitative estimate of drug-likeness (QED) is 0.653. The number of allylic oxidation sites excluding steroid dienone is 3. The monoisotopic (exact) mass is 372 g/mol. The van der Waals surface area contributed by atoms with Crippen LogP contribution in [0.5, 0.6) is 0 Å². The smallest absolute Gasteiger partial charge is 0.273 e. The zero-order valence-electron chi connectivity index (χ0n) is 15.6. The first-order chi connectivity index (χ1) is 13.6. The van der Waals surface area contributed by atoms with Crippen molar-refractivity contribution in [3.63, 3.8) is 0 Å². The van der Waals surface area contributed by atoms with Crippen LogP contribution in [0.4, 0.5) is 4.79 Å². The molecule has 0 bridgehead atoms. The van der Waals surface area contributed by atoms with E-state index in [0.29, 0.717) is 18.5 Å². The molecule has 2 aromatic rings. The molecule has 5 heteroatoms. The minimum Gasteiger partial charge on any atom is -0.273 e. The average Bonchev–Trinajstić information content (AvgIpc) is 2.88. The first-order valence-electron chi connectivity index (χ1n) is 9.39. The van der Waals surface area contributed by atoms with Crippen molar-refractivity contribution in [2.45, 2.75) is 19.8 Å². The Morgan fingerprint density at radius 3 is 2.07 bits per heavy atom. The van der Waals surface area contributed by atoms with Crippen LogP contribution in [-0.2, 0) is 9.59 Å². The lowest BCUT2D eigenvalue weighted by molar-refractivity contribution is -0.130.